The molecule has 0 heterocycles. The molecule has 0 unspecified atom stereocenters. The molecule has 0 radical (unpaired) electrons. The molecule has 0 amide bonds. The lowest BCUT2D eigenvalue weighted by Gasteiger charge is -1.80. The summed E-state index contributed by atoms with van der Waals surface area (Å²) in [5.74, 6) is 0.769. The lowest BCUT2D eigenvalue weighted by molar-refractivity contribution is -0.114. The normalized spacial score (nSPS) is 8.06. The molecule has 0 aromatic rings. The third kappa shape index (κ3) is 236. The van der Waals surface area contributed by atoms with Gasteiger partial charge in [0.15, 0.2) is 69.4 Å². The van der Waals surface area contributed by atoms with Crippen molar-refractivity contribution >= 4 is 69.4 Å². The number of Topliss-reactive ketones (excluding diaryl/α,β-unsaturated/α-hetero) is 4. The molecule has 0 aliphatic carbocycles. The van der Waals surface area contributed by atoms with Crippen molar-refractivity contribution in [2.75, 3.05) is 0 Å². The standard InChI is InChI=1S/8C5H8O.4C4H6O/c4*1-4(2)5(3)6;4*1-3-4-5(2)6;4*1-3-4(2)5/h4*1H2,2-3H3;4*3-4H,1-2H3;4*3H,1H2,2H3. The van der Waals surface area contributed by atoms with Gasteiger partial charge in [-0.25, -0.2) is 0 Å². The smallest absolute Gasteiger partial charge is 0.154 e. The van der Waals surface area contributed by atoms with Gasteiger partial charge < -0.3 is 0 Å². The zero-order valence-corrected chi connectivity index (χ0v) is 45.5. The summed E-state index contributed by atoms with van der Waals surface area (Å²) in [6.45, 7) is 58.5. The minimum absolute atomic E-state index is 0.0185. The maximum atomic E-state index is 10.0. The summed E-state index contributed by atoms with van der Waals surface area (Å²) in [6, 6.07) is 0. The van der Waals surface area contributed by atoms with Crippen LogP contribution in [0.3, 0.4) is 0 Å². The second-order valence-corrected chi connectivity index (χ2v) is 13.0. The highest BCUT2D eigenvalue weighted by Gasteiger charge is 1.87. The summed E-state index contributed by atoms with van der Waals surface area (Å²) in [7, 11) is 0. The van der Waals surface area contributed by atoms with E-state index in [-0.39, 0.29) is 69.4 Å². The monoisotopic (exact) mass is 953 g/mol. The molecule has 0 atom stereocenters. The highest BCUT2D eigenvalue weighted by Crippen LogP contribution is 1.86. The van der Waals surface area contributed by atoms with Gasteiger partial charge in [-0.1, -0.05) is 76.9 Å². The number of ketones is 12. The topological polar surface area (TPSA) is 205 Å². The quantitative estimate of drug-likeness (QED) is 0.168. The lowest BCUT2D eigenvalue weighted by atomic mass is 10.3. The van der Waals surface area contributed by atoms with E-state index in [9.17, 15) is 57.5 Å². The zero-order chi connectivity index (χ0) is 57.7. The van der Waals surface area contributed by atoms with Gasteiger partial charge in [0.2, 0.25) is 0 Å². The SMILES string of the molecule is C=C(C)C(C)=O.C=C(C)C(C)=O.C=C(C)C(C)=O.C=C(C)C(C)=O.C=CC(C)=O.C=CC(C)=O.C=CC(C)=O.C=CC(C)=O.CC=CC(C)=O.CC=CC(C)=O.CC=CC(C)=O.CC=CC(C)=O. The molecule has 0 aliphatic heterocycles. The highest BCUT2D eigenvalue weighted by atomic mass is 16.2. The van der Waals surface area contributed by atoms with Gasteiger partial charge in [0.25, 0.3) is 0 Å². The van der Waals surface area contributed by atoms with Gasteiger partial charge >= 0.3 is 0 Å². The van der Waals surface area contributed by atoms with Crippen LogP contribution in [0.15, 0.2) is 148 Å². The molecule has 0 aromatic carbocycles. The molecule has 0 aliphatic rings. The van der Waals surface area contributed by atoms with Gasteiger partial charge in [0.1, 0.15) is 0 Å². The maximum absolute atomic E-state index is 10.0. The third-order valence-electron chi connectivity index (χ3n) is 5.16. The Hall–Kier alpha value is -7.08. The Kier molecular flexibility index (Phi) is 99.8. The minimum Gasteiger partial charge on any atom is -0.295 e. The van der Waals surface area contributed by atoms with E-state index in [2.05, 4.69) is 52.6 Å². The Balaban J connectivity index is -0.0000000504. The van der Waals surface area contributed by atoms with E-state index in [1.54, 1.807) is 52.0 Å². The summed E-state index contributed by atoms with van der Waals surface area (Å²) in [5, 5.41) is 0. The Morgan fingerprint density at radius 3 is 0.309 bits per heavy atom. The number of carbonyl (C=O) groups is 12. The predicted molar refractivity (Wildman–Crippen MR) is 287 cm³/mol. The van der Waals surface area contributed by atoms with E-state index < -0.39 is 0 Å². The third-order valence-corrected chi connectivity index (χ3v) is 5.16. The van der Waals surface area contributed by atoms with Crippen LogP contribution in [0.5, 0.6) is 0 Å². The van der Waals surface area contributed by atoms with E-state index in [1.165, 1.54) is 132 Å². The van der Waals surface area contributed by atoms with Crippen LogP contribution in [0.25, 0.3) is 0 Å². The second kappa shape index (κ2) is 74.3. The van der Waals surface area contributed by atoms with E-state index in [0.717, 1.165) is 0 Å². The fourth-order valence-electron chi connectivity index (χ4n) is 0.939. The van der Waals surface area contributed by atoms with Crippen molar-refractivity contribution in [2.24, 2.45) is 0 Å². The van der Waals surface area contributed by atoms with Gasteiger partial charge in [-0.15, -0.1) is 0 Å². The first-order valence-corrected chi connectivity index (χ1v) is 20.4. The molecule has 0 saturated heterocycles. The van der Waals surface area contributed by atoms with E-state index in [0.29, 0.717) is 22.3 Å². The van der Waals surface area contributed by atoms with Crippen LogP contribution in [0.2, 0.25) is 0 Å². The number of carbonyl (C=O) groups excluding carboxylic acids is 12. The minimum atomic E-state index is 0.0185. The highest BCUT2D eigenvalue weighted by molar-refractivity contribution is 5.93. The molecule has 0 N–H and O–H groups in total. The van der Waals surface area contributed by atoms with E-state index in [1.807, 2.05) is 27.7 Å². The molecular formula is C56H88O12. The first-order chi connectivity index (χ1) is 30.7. The van der Waals surface area contributed by atoms with Gasteiger partial charge in [0, 0.05) is 0 Å². The molecular weight excluding hydrogens is 865 g/mol. The van der Waals surface area contributed by atoms with Crippen molar-refractivity contribution in [1.29, 1.82) is 0 Å². The van der Waals surface area contributed by atoms with Crippen LogP contribution in [-0.2, 0) is 57.5 Å². The second-order valence-electron chi connectivity index (χ2n) is 13.0. The Morgan fingerprint density at radius 1 is 0.235 bits per heavy atom. The molecule has 12 heteroatoms. The number of allylic oxidation sites excluding steroid dienone is 16. The summed E-state index contributed by atoms with van der Waals surface area (Å²) in [4.78, 5) is 119. The van der Waals surface area contributed by atoms with Crippen LogP contribution >= 0.6 is 0 Å². The summed E-state index contributed by atoms with van der Waals surface area (Å²) in [6.07, 6.45) is 18.1. The Morgan fingerprint density at radius 2 is 0.309 bits per heavy atom. The molecule has 0 bridgehead atoms. The zero-order valence-electron chi connectivity index (χ0n) is 45.5. The van der Waals surface area contributed by atoms with Crippen molar-refractivity contribution in [2.45, 2.75) is 138 Å². The van der Waals surface area contributed by atoms with Crippen LogP contribution in [0.4, 0.5) is 0 Å². The first kappa shape index (κ1) is 91.4. The summed E-state index contributed by atoms with van der Waals surface area (Å²) in [5.41, 5.74) is 2.48. The van der Waals surface area contributed by atoms with Crippen LogP contribution in [-0.4, -0.2) is 69.4 Å². The van der Waals surface area contributed by atoms with Crippen molar-refractivity contribution in [1.82, 2.24) is 0 Å². The van der Waals surface area contributed by atoms with Crippen molar-refractivity contribution in [3.63, 3.8) is 0 Å². The average molecular weight is 953 g/mol. The van der Waals surface area contributed by atoms with Crippen LogP contribution in [0.1, 0.15) is 138 Å². The van der Waals surface area contributed by atoms with Gasteiger partial charge in [-0.05, 0) is 209 Å². The van der Waals surface area contributed by atoms with E-state index in [4.69, 9.17) is 0 Å². The Bertz CT molecular complexity index is 1450. The van der Waals surface area contributed by atoms with Crippen molar-refractivity contribution < 1.29 is 57.5 Å². The molecule has 0 rings (SSSR count). The molecule has 68 heavy (non-hydrogen) atoms. The van der Waals surface area contributed by atoms with Gasteiger partial charge in [-0.2, -0.15) is 0 Å². The largest absolute Gasteiger partial charge is 0.295 e. The molecule has 384 valence electrons. The van der Waals surface area contributed by atoms with E-state index >= 15 is 0 Å². The fraction of sp³-hybridized carbons (Fsp3) is 0.357. The van der Waals surface area contributed by atoms with Crippen molar-refractivity contribution in [3.8, 4) is 0 Å². The number of hydrogen-bond donors (Lipinski definition) is 0. The molecule has 0 fully saturated rings. The predicted octanol–water partition coefficient (Wildman–Crippen LogP) is 12.3. The van der Waals surface area contributed by atoms with Crippen LogP contribution < -0.4 is 0 Å². The van der Waals surface area contributed by atoms with Gasteiger partial charge in [-0.3, -0.25) is 57.5 Å². The van der Waals surface area contributed by atoms with Crippen molar-refractivity contribution in [3.05, 3.63) is 148 Å². The lowest BCUT2D eigenvalue weighted by Crippen LogP contribution is -1.86. The first-order valence-electron chi connectivity index (χ1n) is 20.4. The fourth-order valence-corrected chi connectivity index (χ4v) is 0.939. The molecule has 0 aromatic heterocycles. The van der Waals surface area contributed by atoms with Gasteiger partial charge in [0.05, 0.1) is 0 Å². The Labute approximate surface area is 412 Å². The molecule has 0 spiro atoms. The summed E-state index contributed by atoms with van der Waals surface area (Å²) >= 11 is 0. The average Bonchev–Trinajstić information content (AvgIpc) is 3.20. The number of rotatable bonds is 12. The maximum Gasteiger partial charge on any atom is 0.154 e. The summed E-state index contributed by atoms with van der Waals surface area (Å²) < 4.78 is 0. The molecule has 0 saturated carbocycles. The molecule has 12 nitrogen and oxygen atoms in total. The van der Waals surface area contributed by atoms with Crippen LogP contribution in [0, 0.1) is 0 Å². The number of hydrogen-bond acceptors (Lipinski definition) is 12.